The van der Waals surface area contributed by atoms with Crippen molar-refractivity contribution >= 4 is 0 Å². The van der Waals surface area contributed by atoms with Gasteiger partial charge in [-0.1, -0.05) is 12.1 Å². The van der Waals surface area contributed by atoms with Crippen LogP contribution in [0.2, 0.25) is 0 Å². The smallest absolute Gasteiger partial charge is 0.115 e. The number of halogens is 1. The van der Waals surface area contributed by atoms with E-state index in [1.54, 1.807) is 18.2 Å². The molecule has 0 aliphatic rings. The summed E-state index contributed by atoms with van der Waals surface area (Å²) in [5, 5.41) is 9.15. The number of phenolic OH excluding ortho intramolecular Hbond substituents is 1. The highest BCUT2D eigenvalue weighted by Gasteiger charge is 2.07. The molecule has 72 valence electrons. The van der Waals surface area contributed by atoms with Crippen molar-refractivity contribution in [2.75, 3.05) is 13.2 Å². The highest BCUT2D eigenvalue weighted by Crippen LogP contribution is 2.14. The van der Waals surface area contributed by atoms with Crippen LogP contribution in [0.3, 0.4) is 0 Å². The molecule has 1 unspecified atom stereocenters. The van der Waals surface area contributed by atoms with E-state index in [9.17, 15) is 4.39 Å². The number of hydrogen-bond acceptors (Lipinski definition) is 2. The molecule has 0 spiro atoms. The van der Waals surface area contributed by atoms with Crippen molar-refractivity contribution in [3.8, 4) is 5.75 Å². The van der Waals surface area contributed by atoms with Gasteiger partial charge in [0.1, 0.15) is 5.75 Å². The Morgan fingerprint density at radius 1 is 1.46 bits per heavy atom. The topological polar surface area (TPSA) is 46.2 Å². The number of rotatable bonds is 4. The maximum atomic E-state index is 12.3. The highest BCUT2D eigenvalue weighted by molar-refractivity contribution is 5.27. The number of aromatic hydroxyl groups is 1. The fraction of sp³-hybridized carbons (Fsp3) is 0.400. The van der Waals surface area contributed by atoms with E-state index in [4.69, 9.17) is 10.8 Å². The van der Waals surface area contributed by atoms with E-state index in [-0.39, 0.29) is 11.7 Å². The fourth-order valence-electron chi connectivity index (χ4n) is 1.22. The van der Waals surface area contributed by atoms with Crippen LogP contribution >= 0.6 is 0 Å². The van der Waals surface area contributed by atoms with E-state index in [0.717, 1.165) is 5.56 Å². The molecule has 3 heteroatoms. The second-order valence-corrected chi connectivity index (χ2v) is 3.13. The van der Waals surface area contributed by atoms with E-state index < -0.39 is 6.67 Å². The lowest BCUT2D eigenvalue weighted by Crippen LogP contribution is -2.18. The zero-order valence-corrected chi connectivity index (χ0v) is 7.41. The minimum Gasteiger partial charge on any atom is -0.508 e. The lowest BCUT2D eigenvalue weighted by Gasteiger charge is -2.09. The highest BCUT2D eigenvalue weighted by atomic mass is 19.1. The normalized spacial score (nSPS) is 12.8. The molecule has 0 radical (unpaired) electrons. The SMILES string of the molecule is NCC(CF)Cc1cccc(O)c1. The fourth-order valence-corrected chi connectivity index (χ4v) is 1.22. The first-order chi connectivity index (χ1) is 6.26. The molecule has 1 aromatic rings. The summed E-state index contributed by atoms with van der Waals surface area (Å²) in [5.74, 6) is 0.0777. The van der Waals surface area contributed by atoms with Crippen LogP contribution < -0.4 is 5.73 Å². The third-order valence-corrected chi connectivity index (χ3v) is 1.99. The molecule has 0 saturated carbocycles. The van der Waals surface area contributed by atoms with Gasteiger partial charge in [0.05, 0.1) is 6.67 Å². The largest absolute Gasteiger partial charge is 0.508 e. The van der Waals surface area contributed by atoms with E-state index in [1.807, 2.05) is 6.07 Å². The third-order valence-electron chi connectivity index (χ3n) is 1.99. The molecular formula is C10H14FNO. The van der Waals surface area contributed by atoms with Gasteiger partial charge >= 0.3 is 0 Å². The second-order valence-electron chi connectivity index (χ2n) is 3.13. The van der Waals surface area contributed by atoms with Crippen molar-refractivity contribution in [1.82, 2.24) is 0 Å². The monoisotopic (exact) mass is 183 g/mol. The van der Waals surface area contributed by atoms with Gasteiger partial charge in [0.25, 0.3) is 0 Å². The molecule has 13 heavy (non-hydrogen) atoms. The third kappa shape index (κ3) is 3.03. The summed E-state index contributed by atoms with van der Waals surface area (Å²) in [6, 6.07) is 6.84. The van der Waals surface area contributed by atoms with Gasteiger partial charge in [-0.15, -0.1) is 0 Å². The van der Waals surface area contributed by atoms with Gasteiger partial charge in [-0.25, -0.2) is 0 Å². The molecule has 0 fully saturated rings. The van der Waals surface area contributed by atoms with Gasteiger partial charge in [0, 0.05) is 5.92 Å². The predicted octanol–water partition coefficient (Wildman–Crippen LogP) is 1.48. The van der Waals surface area contributed by atoms with Crippen LogP contribution in [0.25, 0.3) is 0 Å². The van der Waals surface area contributed by atoms with Crippen LogP contribution in [0.5, 0.6) is 5.75 Å². The first-order valence-corrected chi connectivity index (χ1v) is 4.30. The summed E-state index contributed by atoms with van der Waals surface area (Å²) in [6.07, 6.45) is 0.585. The van der Waals surface area contributed by atoms with Crippen molar-refractivity contribution in [2.24, 2.45) is 11.7 Å². The Kier molecular flexibility index (Phi) is 3.71. The molecule has 0 heterocycles. The van der Waals surface area contributed by atoms with Crippen molar-refractivity contribution in [3.05, 3.63) is 29.8 Å². The lowest BCUT2D eigenvalue weighted by molar-refractivity contribution is 0.365. The molecular weight excluding hydrogens is 169 g/mol. The maximum Gasteiger partial charge on any atom is 0.115 e. The first kappa shape index (κ1) is 9.99. The predicted molar refractivity (Wildman–Crippen MR) is 50.3 cm³/mol. The Morgan fingerprint density at radius 2 is 2.23 bits per heavy atom. The lowest BCUT2D eigenvalue weighted by atomic mass is 10.0. The van der Waals surface area contributed by atoms with Gasteiger partial charge in [-0.2, -0.15) is 0 Å². The first-order valence-electron chi connectivity index (χ1n) is 4.30. The minimum atomic E-state index is -0.411. The Bertz CT molecular complexity index is 261. The number of alkyl halides is 1. The molecule has 1 aromatic carbocycles. The van der Waals surface area contributed by atoms with Gasteiger partial charge in [-0.05, 0) is 30.7 Å². The number of phenols is 1. The van der Waals surface area contributed by atoms with Gasteiger partial charge in [0.15, 0.2) is 0 Å². The van der Waals surface area contributed by atoms with Crippen molar-refractivity contribution in [3.63, 3.8) is 0 Å². The molecule has 0 aromatic heterocycles. The van der Waals surface area contributed by atoms with E-state index in [2.05, 4.69) is 0 Å². The Hall–Kier alpha value is -1.09. The maximum absolute atomic E-state index is 12.3. The van der Waals surface area contributed by atoms with Crippen LogP contribution in [0.4, 0.5) is 4.39 Å². The molecule has 1 rings (SSSR count). The van der Waals surface area contributed by atoms with Crippen LogP contribution in [-0.2, 0) is 6.42 Å². The summed E-state index contributed by atoms with van der Waals surface area (Å²) < 4.78 is 12.3. The quantitative estimate of drug-likeness (QED) is 0.742. The van der Waals surface area contributed by atoms with Crippen molar-refractivity contribution in [1.29, 1.82) is 0 Å². The molecule has 0 bridgehead atoms. The van der Waals surface area contributed by atoms with Gasteiger partial charge < -0.3 is 10.8 Å². The molecule has 2 nitrogen and oxygen atoms in total. The average molecular weight is 183 g/mol. The molecule has 0 aliphatic carbocycles. The summed E-state index contributed by atoms with van der Waals surface area (Å²) in [5.41, 5.74) is 6.29. The average Bonchev–Trinajstić information content (AvgIpc) is 2.14. The van der Waals surface area contributed by atoms with Gasteiger partial charge in [-0.3, -0.25) is 4.39 Å². The summed E-state index contributed by atoms with van der Waals surface area (Å²) in [4.78, 5) is 0. The van der Waals surface area contributed by atoms with Gasteiger partial charge in [0.2, 0.25) is 0 Å². The summed E-state index contributed by atoms with van der Waals surface area (Å²) >= 11 is 0. The van der Waals surface area contributed by atoms with E-state index in [1.165, 1.54) is 0 Å². The second kappa shape index (κ2) is 4.82. The molecule has 0 aliphatic heterocycles. The number of hydrogen-bond donors (Lipinski definition) is 2. The molecule has 0 saturated heterocycles. The minimum absolute atomic E-state index is 0.137. The van der Waals surface area contributed by atoms with Crippen LogP contribution in [0.1, 0.15) is 5.56 Å². The van der Waals surface area contributed by atoms with Crippen LogP contribution in [-0.4, -0.2) is 18.3 Å². The Balaban J connectivity index is 2.62. The zero-order valence-electron chi connectivity index (χ0n) is 7.41. The van der Waals surface area contributed by atoms with E-state index >= 15 is 0 Å². The van der Waals surface area contributed by atoms with E-state index in [0.29, 0.717) is 13.0 Å². The molecule has 0 amide bonds. The van der Waals surface area contributed by atoms with Crippen LogP contribution in [0.15, 0.2) is 24.3 Å². The molecule has 3 N–H and O–H groups in total. The zero-order chi connectivity index (χ0) is 9.68. The van der Waals surface area contributed by atoms with Crippen LogP contribution in [0, 0.1) is 5.92 Å². The Labute approximate surface area is 77.2 Å². The summed E-state index contributed by atoms with van der Waals surface area (Å²) in [7, 11) is 0. The van der Waals surface area contributed by atoms with Crippen molar-refractivity contribution < 1.29 is 9.50 Å². The number of benzene rings is 1. The van der Waals surface area contributed by atoms with Crippen molar-refractivity contribution in [2.45, 2.75) is 6.42 Å². The molecule has 1 atom stereocenters. The standard InChI is InChI=1S/C10H14FNO/c11-6-9(7-12)4-8-2-1-3-10(13)5-8/h1-3,5,9,13H,4,6-7,12H2. The summed E-state index contributed by atoms with van der Waals surface area (Å²) in [6.45, 7) is -0.0711. The Morgan fingerprint density at radius 3 is 2.77 bits per heavy atom. The number of nitrogens with two attached hydrogens (primary N) is 1.